The summed E-state index contributed by atoms with van der Waals surface area (Å²) in [5.41, 5.74) is 2.49. The topological polar surface area (TPSA) is 38.8 Å². The summed E-state index contributed by atoms with van der Waals surface area (Å²) in [6, 6.07) is 6.47. The van der Waals surface area contributed by atoms with E-state index in [1.807, 2.05) is 6.92 Å². The van der Waals surface area contributed by atoms with Crippen molar-refractivity contribution < 1.29 is 14.3 Å². The van der Waals surface area contributed by atoms with Crippen LogP contribution in [-0.4, -0.2) is 43.7 Å². The Balaban J connectivity index is 1.76. The highest BCUT2D eigenvalue weighted by Crippen LogP contribution is 2.24. The number of carbonyl (C=O) groups is 1. The minimum atomic E-state index is -0.0328. The van der Waals surface area contributed by atoms with E-state index in [2.05, 4.69) is 43.9 Å². The van der Waals surface area contributed by atoms with Crippen molar-refractivity contribution in [3.8, 4) is 5.75 Å². The first kappa shape index (κ1) is 18.8. The van der Waals surface area contributed by atoms with Crippen molar-refractivity contribution >= 4 is 5.97 Å². The number of hydrogen-bond acceptors (Lipinski definition) is 4. The fourth-order valence-corrected chi connectivity index (χ4v) is 3.07. The maximum Gasteiger partial charge on any atom is 0.309 e. The van der Waals surface area contributed by atoms with Gasteiger partial charge in [-0.05, 0) is 62.9 Å². The van der Waals surface area contributed by atoms with Gasteiger partial charge in [0.2, 0.25) is 0 Å². The molecular formula is C20H31NO3. The molecule has 1 heterocycles. The SMILES string of the molecule is CCOC(=O)C1CCN(CCOc2cc(C(C)C)ccc2C)CC1. The molecule has 0 atom stereocenters. The molecule has 1 aromatic carbocycles. The standard InChI is InChI=1S/C20H31NO3/c1-5-23-20(22)17-8-10-21(11-9-17)12-13-24-19-14-18(15(2)3)7-6-16(19)4/h6-7,14-15,17H,5,8-13H2,1-4H3. The summed E-state index contributed by atoms with van der Waals surface area (Å²) < 4.78 is 11.1. The Morgan fingerprint density at radius 1 is 1.29 bits per heavy atom. The van der Waals surface area contributed by atoms with Gasteiger partial charge < -0.3 is 9.47 Å². The highest BCUT2D eigenvalue weighted by atomic mass is 16.5. The van der Waals surface area contributed by atoms with E-state index in [-0.39, 0.29) is 11.9 Å². The number of likely N-dealkylation sites (tertiary alicyclic amines) is 1. The minimum absolute atomic E-state index is 0.0328. The third-order valence-electron chi connectivity index (χ3n) is 4.75. The first-order chi connectivity index (χ1) is 11.5. The lowest BCUT2D eigenvalue weighted by atomic mass is 9.97. The minimum Gasteiger partial charge on any atom is -0.492 e. The second-order valence-electron chi connectivity index (χ2n) is 6.90. The van der Waals surface area contributed by atoms with Crippen molar-refractivity contribution in [3.05, 3.63) is 29.3 Å². The summed E-state index contributed by atoms with van der Waals surface area (Å²) in [4.78, 5) is 14.1. The predicted molar refractivity (Wildman–Crippen MR) is 96.6 cm³/mol. The van der Waals surface area contributed by atoms with Gasteiger partial charge in [0.15, 0.2) is 0 Å². The van der Waals surface area contributed by atoms with Gasteiger partial charge in [-0.1, -0.05) is 26.0 Å². The van der Waals surface area contributed by atoms with Crippen LogP contribution in [0.3, 0.4) is 0 Å². The normalized spacial score (nSPS) is 16.4. The Hall–Kier alpha value is -1.55. The van der Waals surface area contributed by atoms with Gasteiger partial charge in [-0.25, -0.2) is 0 Å². The Bertz CT molecular complexity index is 534. The average Bonchev–Trinajstić information content (AvgIpc) is 2.57. The smallest absolute Gasteiger partial charge is 0.309 e. The van der Waals surface area contributed by atoms with Crippen molar-refractivity contribution in [2.75, 3.05) is 32.8 Å². The second kappa shape index (κ2) is 9.07. The lowest BCUT2D eigenvalue weighted by Crippen LogP contribution is -2.39. The van der Waals surface area contributed by atoms with E-state index in [0.29, 0.717) is 19.1 Å². The maximum atomic E-state index is 11.8. The fourth-order valence-electron chi connectivity index (χ4n) is 3.07. The fraction of sp³-hybridized carbons (Fsp3) is 0.650. The summed E-state index contributed by atoms with van der Waals surface area (Å²) in [5, 5.41) is 0. The van der Waals surface area contributed by atoms with Crippen LogP contribution in [0.4, 0.5) is 0 Å². The van der Waals surface area contributed by atoms with E-state index in [4.69, 9.17) is 9.47 Å². The summed E-state index contributed by atoms with van der Waals surface area (Å²) >= 11 is 0. The summed E-state index contributed by atoms with van der Waals surface area (Å²) in [7, 11) is 0. The molecular weight excluding hydrogens is 302 g/mol. The lowest BCUT2D eigenvalue weighted by Gasteiger charge is -2.30. The number of rotatable bonds is 7. The molecule has 0 unspecified atom stereocenters. The Labute approximate surface area is 146 Å². The van der Waals surface area contributed by atoms with Gasteiger partial charge in [0.25, 0.3) is 0 Å². The van der Waals surface area contributed by atoms with Gasteiger partial charge in [-0.15, -0.1) is 0 Å². The monoisotopic (exact) mass is 333 g/mol. The van der Waals surface area contributed by atoms with Crippen LogP contribution in [0.1, 0.15) is 50.7 Å². The molecule has 1 fully saturated rings. The number of nitrogens with zero attached hydrogens (tertiary/aromatic N) is 1. The molecule has 0 amide bonds. The molecule has 0 bridgehead atoms. The van der Waals surface area contributed by atoms with Gasteiger partial charge in [-0.2, -0.15) is 0 Å². The van der Waals surface area contributed by atoms with Gasteiger partial charge in [-0.3, -0.25) is 9.69 Å². The zero-order chi connectivity index (χ0) is 17.5. The predicted octanol–water partition coefficient (Wildman–Crippen LogP) is 3.77. The number of carbonyl (C=O) groups excluding carboxylic acids is 1. The number of esters is 1. The first-order valence-electron chi connectivity index (χ1n) is 9.13. The van der Waals surface area contributed by atoms with Crippen LogP contribution < -0.4 is 4.74 Å². The van der Waals surface area contributed by atoms with Gasteiger partial charge in [0, 0.05) is 6.54 Å². The molecule has 0 spiro atoms. The molecule has 1 aromatic rings. The van der Waals surface area contributed by atoms with Crippen LogP contribution in [0, 0.1) is 12.8 Å². The van der Waals surface area contributed by atoms with E-state index >= 15 is 0 Å². The summed E-state index contributed by atoms with van der Waals surface area (Å²) in [6.07, 6.45) is 1.78. The van der Waals surface area contributed by atoms with Gasteiger partial charge >= 0.3 is 5.97 Å². The number of ether oxygens (including phenoxy) is 2. The van der Waals surface area contributed by atoms with Crippen LogP contribution in [0.5, 0.6) is 5.75 Å². The Kier molecular flexibility index (Phi) is 7.10. The van der Waals surface area contributed by atoms with Crippen molar-refractivity contribution in [1.29, 1.82) is 0 Å². The third-order valence-corrected chi connectivity index (χ3v) is 4.75. The number of piperidine rings is 1. The van der Waals surface area contributed by atoms with Crippen LogP contribution in [-0.2, 0) is 9.53 Å². The average molecular weight is 333 g/mol. The van der Waals surface area contributed by atoms with Crippen molar-refractivity contribution in [2.45, 2.75) is 46.5 Å². The second-order valence-corrected chi connectivity index (χ2v) is 6.90. The van der Waals surface area contributed by atoms with Gasteiger partial charge in [0.05, 0.1) is 12.5 Å². The maximum absolute atomic E-state index is 11.8. The van der Waals surface area contributed by atoms with Crippen LogP contribution in [0.25, 0.3) is 0 Å². The van der Waals surface area contributed by atoms with Crippen LogP contribution >= 0.6 is 0 Å². The zero-order valence-electron chi connectivity index (χ0n) is 15.5. The molecule has 1 aliphatic rings. The van der Waals surface area contributed by atoms with Crippen LogP contribution in [0.15, 0.2) is 18.2 Å². The number of hydrogen-bond donors (Lipinski definition) is 0. The number of aryl methyl sites for hydroxylation is 1. The third kappa shape index (κ3) is 5.23. The highest BCUT2D eigenvalue weighted by Gasteiger charge is 2.25. The molecule has 0 N–H and O–H groups in total. The highest BCUT2D eigenvalue weighted by molar-refractivity contribution is 5.72. The molecule has 0 saturated carbocycles. The Morgan fingerprint density at radius 2 is 2.00 bits per heavy atom. The molecule has 0 radical (unpaired) electrons. The van der Waals surface area contributed by atoms with Crippen LogP contribution in [0.2, 0.25) is 0 Å². The molecule has 1 aliphatic heterocycles. The zero-order valence-corrected chi connectivity index (χ0v) is 15.5. The molecule has 4 nitrogen and oxygen atoms in total. The van der Waals surface area contributed by atoms with E-state index in [1.165, 1.54) is 11.1 Å². The molecule has 2 rings (SSSR count). The van der Waals surface area contributed by atoms with Crippen molar-refractivity contribution in [2.24, 2.45) is 5.92 Å². The molecule has 1 saturated heterocycles. The van der Waals surface area contributed by atoms with E-state index in [0.717, 1.165) is 38.2 Å². The number of benzene rings is 1. The molecule has 4 heteroatoms. The largest absolute Gasteiger partial charge is 0.492 e. The van der Waals surface area contributed by atoms with Crippen molar-refractivity contribution in [3.63, 3.8) is 0 Å². The van der Waals surface area contributed by atoms with E-state index in [1.54, 1.807) is 0 Å². The molecule has 134 valence electrons. The first-order valence-corrected chi connectivity index (χ1v) is 9.13. The van der Waals surface area contributed by atoms with E-state index in [9.17, 15) is 4.79 Å². The van der Waals surface area contributed by atoms with E-state index < -0.39 is 0 Å². The summed E-state index contributed by atoms with van der Waals surface area (Å²) in [5.74, 6) is 1.54. The molecule has 0 aromatic heterocycles. The molecule has 24 heavy (non-hydrogen) atoms. The van der Waals surface area contributed by atoms with Gasteiger partial charge in [0.1, 0.15) is 12.4 Å². The Morgan fingerprint density at radius 3 is 2.62 bits per heavy atom. The quantitative estimate of drug-likeness (QED) is 0.712. The lowest BCUT2D eigenvalue weighted by molar-refractivity contribution is -0.149. The van der Waals surface area contributed by atoms with Crippen molar-refractivity contribution in [1.82, 2.24) is 4.90 Å². The summed E-state index contributed by atoms with van der Waals surface area (Å²) in [6.45, 7) is 12.3. The molecule has 0 aliphatic carbocycles.